The van der Waals surface area contributed by atoms with E-state index in [9.17, 15) is 0 Å². The first-order chi connectivity index (χ1) is 8.81. The van der Waals surface area contributed by atoms with Crippen LogP contribution in [0.3, 0.4) is 0 Å². The number of aromatic nitrogens is 3. The Bertz CT molecular complexity index is 470. The number of hydrogen-bond acceptors (Lipinski definition) is 5. The second kappa shape index (κ2) is 6.02. The molecule has 0 saturated heterocycles. The topological polar surface area (TPSA) is 91.1 Å². The first kappa shape index (κ1) is 12.4. The van der Waals surface area contributed by atoms with Crippen LogP contribution in [-0.4, -0.2) is 33.4 Å². The Kier molecular flexibility index (Phi) is 4.14. The fraction of sp³-hybridized carbons (Fsp3) is 0.333. The third kappa shape index (κ3) is 2.98. The molecule has 1 aromatic carbocycles. The lowest BCUT2D eigenvalue weighted by atomic mass is 10.2. The highest BCUT2D eigenvalue weighted by Crippen LogP contribution is 2.22. The van der Waals surface area contributed by atoms with Gasteiger partial charge in [-0.25, -0.2) is 5.10 Å². The van der Waals surface area contributed by atoms with Gasteiger partial charge in [0.05, 0.1) is 0 Å². The van der Waals surface area contributed by atoms with Crippen LogP contribution < -0.4 is 10.6 Å². The van der Waals surface area contributed by atoms with Gasteiger partial charge < -0.3 is 15.7 Å². The summed E-state index contributed by atoms with van der Waals surface area (Å²) >= 11 is 0. The maximum absolute atomic E-state index is 8.85. The number of rotatable bonds is 6. The fourth-order valence-electron chi connectivity index (χ4n) is 1.73. The molecule has 6 heteroatoms. The van der Waals surface area contributed by atoms with E-state index in [1.807, 2.05) is 35.2 Å². The molecule has 6 nitrogen and oxygen atoms in total. The van der Waals surface area contributed by atoms with Gasteiger partial charge in [0.15, 0.2) is 0 Å². The van der Waals surface area contributed by atoms with Crippen molar-refractivity contribution in [2.45, 2.75) is 12.8 Å². The normalized spacial score (nSPS) is 10.5. The summed E-state index contributed by atoms with van der Waals surface area (Å²) in [5, 5.41) is 15.5. The Labute approximate surface area is 105 Å². The molecule has 0 amide bonds. The van der Waals surface area contributed by atoms with Crippen LogP contribution in [0.15, 0.2) is 30.3 Å². The molecular weight excluding hydrogens is 230 g/mol. The molecule has 0 spiro atoms. The van der Waals surface area contributed by atoms with Gasteiger partial charge in [0.1, 0.15) is 0 Å². The molecule has 4 N–H and O–H groups in total. The maximum Gasteiger partial charge on any atom is 0.241 e. The number of para-hydroxylation sites is 1. The molecule has 2 rings (SSSR count). The second-order valence-electron chi connectivity index (χ2n) is 3.94. The third-order valence-electron chi connectivity index (χ3n) is 2.60. The monoisotopic (exact) mass is 247 g/mol. The van der Waals surface area contributed by atoms with Gasteiger partial charge in [-0.3, -0.25) is 0 Å². The van der Waals surface area contributed by atoms with Crippen molar-refractivity contribution in [2.24, 2.45) is 0 Å². The lowest BCUT2D eigenvalue weighted by molar-refractivity contribution is 0.285. The molecule has 1 aromatic heterocycles. The zero-order chi connectivity index (χ0) is 12.8. The van der Waals surface area contributed by atoms with E-state index in [-0.39, 0.29) is 12.6 Å². The number of aliphatic hydroxyl groups excluding tert-OH is 1. The van der Waals surface area contributed by atoms with E-state index in [0.29, 0.717) is 5.95 Å². The molecule has 18 heavy (non-hydrogen) atoms. The number of nitrogens with one attached hydrogen (secondary N) is 1. The minimum atomic E-state index is 0.196. The minimum Gasteiger partial charge on any atom is -0.396 e. The molecule has 2 aromatic rings. The third-order valence-corrected chi connectivity index (χ3v) is 2.60. The predicted molar refractivity (Wildman–Crippen MR) is 70.6 cm³/mol. The summed E-state index contributed by atoms with van der Waals surface area (Å²) in [7, 11) is 0. The van der Waals surface area contributed by atoms with Crippen molar-refractivity contribution >= 4 is 17.6 Å². The number of nitrogen functional groups attached to an aromatic ring is 1. The summed E-state index contributed by atoms with van der Waals surface area (Å²) in [5.74, 6) is 0.852. The van der Waals surface area contributed by atoms with E-state index in [2.05, 4.69) is 15.2 Å². The number of nitrogens with two attached hydrogens (primary N) is 1. The van der Waals surface area contributed by atoms with Crippen LogP contribution >= 0.6 is 0 Å². The maximum atomic E-state index is 8.85. The van der Waals surface area contributed by atoms with Crippen LogP contribution in [0.1, 0.15) is 12.8 Å². The van der Waals surface area contributed by atoms with E-state index >= 15 is 0 Å². The van der Waals surface area contributed by atoms with Crippen LogP contribution in [0.5, 0.6) is 0 Å². The predicted octanol–water partition coefficient (Wildman–Crippen LogP) is 1.30. The first-order valence-electron chi connectivity index (χ1n) is 5.92. The average molecular weight is 247 g/mol. The van der Waals surface area contributed by atoms with E-state index in [1.165, 1.54) is 0 Å². The average Bonchev–Trinajstić information content (AvgIpc) is 2.82. The highest BCUT2D eigenvalue weighted by molar-refractivity contribution is 5.57. The van der Waals surface area contributed by atoms with Crippen molar-refractivity contribution in [3.8, 4) is 0 Å². The standard InChI is InChI=1S/C12H17N5O/c13-11-14-12(16-15-11)17(8-4-5-9-18)10-6-2-1-3-7-10/h1-3,6-7,18H,4-5,8-9H2,(H3,13,14,15,16). The van der Waals surface area contributed by atoms with Crippen molar-refractivity contribution in [1.29, 1.82) is 0 Å². The van der Waals surface area contributed by atoms with Crippen molar-refractivity contribution in [2.75, 3.05) is 23.8 Å². The summed E-state index contributed by atoms with van der Waals surface area (Å²) in [6.07, 6.45) is 1.62. The minimum absolute atomic E-state index is 0.196. The van der Waals surface area contributed by atoms with Gasteiger partial charge in [0, 0.05) is 18.8 Å². The number of benzene rings is 1. The van der Waals surface area contributed by atoms with Gasteiger partial charge in [0.25, 0.3) is 0 Å². The largest absolute Gasteiger partial charge is 0.396 e. The fourth-order valence-corrected chi connectivity index (χ4v) is 1.73. The number of anilines is 3. The SMILES string of the molecule is Nc1n[nH]c(N(CCCCO)c2ccccc2)n1. The Balaban J connectivity index is 2.18. The van der Waals surface area contributed by atoms with Gasteiger partial charge in [-0.15, -0.1) is 5.10 Å². The Morgan fingerprint density at radius 1 is 1.22 bits per heavy atom. The van der Waals surface area contributed by atoms with Crippen LogP contribution in [0.2, 0.25) is 0 Å². The van der Waals surface area contributed by atoms with Crippen LogP contribution in [0.25, 0.3) is 0 Å². The van der Waals surface area contributed by atoms with Crippen LogP contribution in [0, 0.1) is 0 Å². The molecule has 0 atom stereocenters. The first-order valence-corrected chi connectivity index (χ1v) is 5.92. The summed E-state index contributed by atoms with van der Waals surface area (Å²) in [6, 6.07) is 9.89. The molecular formula is C12H17N5O. The van der Waals surface area contributed by atoms with E-state index < -0.39 is 0 Å². The van der Waals surface area contributed by atoms with Crippen LogP contribution in [-0.2, 0) is 0 Å². The number of aromatic amines is 1. The van der Waals surface area contributed by atoms with Gasteiger partial charge in [-0.1, -0.05) is 18.2 Å². The van der Waals surface area contributed by atoms with E-state index in [0.717, 1.165) is 25.1 Å². The molecule has 1 heterocycles. The number of H-pyrrole nitrogens is 1. The Morgan fingerprint density at radius 2 is 2.00 bits per heavy atom. The molecule has 0 saturated carbocycles. The zero-order valence-electron chi connectivity index (χ0n) is 10.1. The lowest BCUT2D eigenvalue weighted by Gasteiger charge is -2.21. The molecule has 0 unspecified atom stereocenters. The molecule has 0 fully saturated rings. The van der Waals surface area contributed by atoms with E-state index in [4.69, 9.17) is 10.8 Å². The molecule has 0 aliphatic heterocycles. The number of nitrogens with zero attached hydrogens (tertiary/aromatic N) is 3. The van der Waals surface area contributed by atoms with Crippen molar-refractivity contribution in [3.05, 3.63) is 30.3 Å². The van der Waals surface area contributed by atoms with Gasteiger partial charge in [-0.05, 0) is 25.0 Å². The molecule has 0 aliphatic rings. The molecule has 0 bridgehead atoms. The van der Waals surface area contributed by atoms with Crippen molar-refractivity contribution in [3.63, 3.8) is 0 Å². The number of hydrogen-bond donors (Lipinski definition) is 3. The highest BCUT2D eigenvalue weighted by atomic mass is 16.2. The number of unbranched alkanes of at least 4 members (excludes halogenated alkanes) is 1. The second-order valence-corrected chi connectivity index (χ2v) is 3.94. The highest BCUT2D eigenvalue weighted by Gasteiger charge is 2.12. The quantitative estimate of drug-likeness (QED) is 0.669. The van der Waals surface area contributed by atoms with Crippen molar-refractivity contribution in [1.82, 2.24) is 15.2 Å². The van der Waals surface area contributed by atoms with Gasteiger partial charge >= 0.3 is 0 Å². The summed E-state index contributed by atoms with van der Waals surface area (Å²) in [5.41, 5.74) is 6.55. The summed E-state index contributed by atoms with van der Waals surface area (Å²) < 4.78 is 0. The van der Waals surface area contributed by atoms with Crippen LogP contribution in [0.4, 0.5) is 17.6 Å². The smallest absolute Gasteiger partial charge is 0.241 e. The summed E-state index contributed by atoms with van der Waals surface area (Å²) in [4.78, 5) is 6.14. The van der Waals surface area contributed by atoms with Gasteiger partial charge in [0.2, 0.25) is 11.9 Å². The zero-order valence-corrected chi connectivity index (χ0v) is 10.1. The molecule has 0 radical (unpaired) electrons. The van der Waals surface area contributed by atoms with Gasteiger partial charge in [-0.2, -0.15) is 4.98 Å². The van der Waals surface area contributed by atoms with E-state index in [1.54, 1.807) is 0 Å². The lowest BCUT2D eigenvalue weighted by Crippen LogP contribution is -2.20. The molecule has 96 valence electrons. The molecule has 0 aliphatic carbocycles. The Morgan fingerprint density at radius 3 is 2.61 bits per heavy atom. The Hall–Kier alpha value is -2.08. The van der Waals surface area contributed by atoms with Crippen molar-refractivity contribution < 1.29 is 5.11 Å². The number of aliphatic hydroxyl groups is 1. The summed E-state index contributed by atoms with van der Waals surface area (Å²) in [6.45, 7) is 0.945.